The minimum absolute atomic E-state index is 0.212. The highest BCUT2D eigenvalue weighted by atomic mass is 32.1. The van der Waals surface area contributed by atoms with E-state index < -0.39 is 0 Å². The van der Waals surface area contributed by atoms with Gasteiger partial charge in [0.25, 0.3) is 5.91 Å². The van der Waals surface area contributed by atoms with E-state index in [9.17, 15) is 4.79 Å². The Morgan fingerprint density at radius 3 is 2.47 bits per heavy atom. The van der Waals surface area contributed by atoms with E-state index in [0.717, 1.165) is 22.6 Å². The highest BCUT2D eigenvalue weighted by Gasteiger charge is 2.12. The van der Waals surface area contributed by atoms with E-state index in [1.54, 1.807) is 26.7 Å². The number of aromatic nitrogens is 1. The van der Waals surface area contributed by atoms with Crippen LogP contribution in [0.2, 0.25) is 0 Å². The quantitative estimate of drug-likeness (QED) is 0.533. The van der Waals surface area contributed by atoms with E-state index in [4.69, 9.17) is 14.2 Å². The molecule has 1 amide bonds. The van der Waals surface area contributed by atoms with Gasteiger partial charge in [0.2, 0.25) is 0 Å². The third kappa shape index (κ3) is 5.21. The number of benzene rings is 2. The van der Waals surface area contributed by atoms with Crippen LogP contribution in [0.1, 0.15) is 21.6 Å². The maximum atomic E-state index is 12.4. The Morgan fingerprint density at radius 1 is 1.00 bits per heavy atom. The number of hydrogen-bond donors (Lipinski definition) is 2. The molecule has 2 N–H and O–H groups in total. The van der Waals surface area contributed by atoms with Gasteiger partial charge in [0.15, 0.2) is 16.6 Å². The van der Waals surface area contributed by atoms with E-state index >= 15 is 0 Å². The van der Waals surface area contributed by atoms with Crippen LogP contribution in [-0.4, -0.2) is 38.8 Å². The molecular formula is C22H25N3O4S. The zero-order valence-corrected chi connectivity index (χ0v) is 18.3. The molecule has 2 aromatic carbocycles. The molecule has 0 aliphatic carbocycles. The van der Waals surface area contributed by atoms with Gasteiger partial charge in [-0.3, -0.25) is 4.79 Å². The monoisotopic (exact) mass is 427 g/mol. The zero-order chi connectivity index (χ0) is 21.5. The highest BCUT2D eigenvalue weighted by molar-refractivity contribution is 7.14. The summed E-state index contributed by atoms with van der Waals surface area (Å²) in [6.07, 6.45) is 0.668. The van der Waals surface area contributed by atoms with E-state index in [-0.39, 0.29) is 5.91 Å². The first-order chi connectivity index (χ1) is 14.5. The van der Waals surface area contributed by atoms with Crippen LogP contribution in [-0.2, 0) is 6.42 Å². The lowest BCUT2D eigenvalue weighted by Gasteiger charge is -2.10. The molecular weight excluding hydrogens is 402 g/mol. The molecule has 8 heteroatoms. The molecule has 7 nitrogen and oxygen atoms in total. The smallest absolute Gasteiger partial charge is 0.270 e. The van der Waals surface area contributed by atoms with Crippen LogP contribution >= 0.6 is 11.3 Å². The van der Waals surface area contributed by atoms with Crippen molar-refractivity contribution >= 4 is 28.1 Å². The summed E-state index contributed by atoms with van der Waals surface area (Å²) in [5, 5.41) is 8.49. The van der Waals surface area contributed by atoms with Gasteiger partial charge in [0, 0.05) is 11.9 Å². The molecule has 0 unspecified atom stereocenters. The van der Waals surface area contributed by atoms with Gasteiger partial charge < -0.3 is 24.8 Å². The van der Waals surface area contributed by atoms with Crippen LogP contribution < -0.4 is 24.8 Å². The fourth-order valence-corrected chi connectivity index (χ4v) is 3.62. The molecule has 0 aliphatic rings. The molecule has 3 rings (SSSR count). The van der Waals surface area contributed by atoms with Crippen molar-refractivity contribution in [2.24, 2.45) is 0 Å². The molecule has 158 valence electrons. The van der Waals surface area contributed by atoms with Gasteiger partial charge in [-0.05, 0) is 48.7 Å². The van der Waals surface area contributed by atoms with Gasteiger partial charge in [-0.15, -0.1) is 11.3 Å². The van der Waals surface area contributed by atoms with Crippen molar-refractivity contribution in [2.45, 2.75) is 13.3 Å². The van der Waals surface area contributed by atoms with Crippen molar-refractivity contribution in [1.29, 1.82) is 0 Å². The summed E-state index contributed by atoms with van der Waals surface area (Å²) in [6.45, 7) is 2.49. The Kier molecular flexibility index (Phi) is 7.13. The Bertz CT molecular complexity index is 1020. The standard InChI is InChI=1S/C22H25N3O4S/c1-14-5-7-18(27-2)16(11-14)24-22-25-17(13-30-22)21(26)23-10-9-15-6-8-19(28-3)20(12-15)29-4/h5-8,11-13H,9-10H2,1-4H3,(H,23,26)(H,24,25). The molecule has 0 bridgehead atoms. The summed E-state index contributed by atoms with van der Waals surface area (Å²) in [6, 6.07) is 11.6. The van der Waals surface area contributed by atoms with Gasteiger partial charge in [0.1, 0.15) is 11.4 Å². The van der Waals surface area contributed by atoms with Gasteiger partial charge in [0.05, 0.1) is 27.0 Å². The van der Waals surface area contributed by atoms with Gasteiger partial charge in [-0.1, -0.05) is 12.1 Å². The lowest BCUT2D eigenvalue weighted by Crippen LogP contribution is -2.26. The molecule has 0 fully saturated rings. The summed E-state index contributed by atoms with van der Waals surface area (Å²) in [4.78, 5) is 16.8. The molecule has 1 aromatic heterocycles. The first-order valence-electron chi connectivity index (χ1n) is 9.40. The number of hydrogen-bond acceptors (Lipinski definition) is 7. The molecule has 3 aromatic rings. The average Bonchev–Trinajstić information content (AvgIpc) is 3.22. The minimum atomic E-state index is -0.212. The minimum Gasteiger partial charge on any atom is -0.495 e. The topological polar surface area (TPSA) is 81.7 Å². The number of anilines is 2. The third-order valence-electron chi connectivity index (χ3n) is 4.48. The Hall–Kier alpha value is -3.26. The molecule has 0 atom stereocenters. The summed E-state index contributed by atoms with van der Waals surface area (Å²) < 4.78 is 15.9. The van der Waals surface area contributed by atoms with Gasteiger partial charge in [-0.25, -0.2) is 4.98 Å². The number of carbonyl (C=O) groups is 1. The number of thiazole rings is 1. The van der Waals surface area contributed by atoms with Crippen molar-refractivity contribution < 1.29 is 19.0 Å². The van der Waals surface area contributed by atoms with Crippen LogP contribution in [0.4, 0.5) is 10.8 Å². The highest BCUT2D eigenvalue weighted by Crippen LogP contribution is 2.30. The predicted octanol–water partition coefficient (Wildman–Crippen LogP) is 4.19. The van der Waals surface area contributed by atoms with E-state index in [1.165, 1.54) is 11.3 Å². The molecule has 1 heterocycles. The van der Waals surface area contributed by atoms with Crippen molar-refractivity contribution in [3.05, 3.63) is 58.6 Å². The Balaban J connectivity index is 1.57. The first kappa shape index (κ1) is 21.4. The van der Waals surface area contributed by atoms with Crippen molar-refractivity contribution in [3.8, 4) is 17.2 Å². The predicted molar refractivity (Wildman–Crippen MR) is 119 cm³/mol. The summed E-state index contributed by atoms with van der Waals surface area (Å²) in [7, 11) is 4.82. The second-order valence-electron chi connectivity index (χ2n) is 6.56. The normalized spacial score (nSPS) is 10.4. The molecule has 30 heavy (non-hydrogen) atoms. The van der Waals surface area contributed by atoms with Gasteiger partial charge >= 0.3 is 0 Å². The second-order valence-corrected chi connectivity index (χ2v) is 7.42. The van der Waals surface area contributed by atoms with E-state index in [1.807, 2.05) is 43.3 Å². The molecule has 0 spiro atoms. The summed E-state index contributed by atoms with van der Waals surface area (Å²) in [5.74, 6) is 1.86. The molecule has 0 aliphatic heterocycles. The summed E-state index contributed by atoms with van der Waals surface area (Å²) in [5.41, 5.74) is 3.33. The van der Waals surface area contributed by atoms with Crippen molar-refractivity contribution in [3.63, 3.8) is 0 Å². The number of nitrogens with zero attached hydrogens (tertiary/aromatic N) is 1. The first-order valence-corrected chi connectivity index (χ1v) is 10.3. The fourth-order valence-electron chi connectivity index (χ4n) is 2.92. The number of amides is 1. The number of rotatable bonds is 9. The molecule has 0 radical (unpaired) electrons. The van der Waals surface area contributed by atoms with Gasteiger partial charge in [-0.2, -0.15) is 0 Å². The second kappa shape index (κ2) is 9.98. The lowest BCUT2D eigenvalue weighted by atomic mass is 10.1. The number of methoxy groups -OCH3 is 3. The Labute approximate surface area is 180 Å². The van der Waals surface area contributed by atoms with E-state index in [2.05, 4.69) is 15.6 Å². The third-order valence-corrected chi connectivity index (χ3v) is 5.24. The number of carbonyl (C=O) groups excluding carboxylic acids is 1. The van der Waals surface area contributed by atoms with E-state index in [0.29, 0.717) is 35.3 Å². The van der Waals surface area contributed by atoms with Crippen LogP contribution in [0.5, 0.6) is 17.2 Å². The maximum absolute atomic E-state index is 12.4. The lowest BCUT2D eigenvalue weighted by molar-refractivity contribution is 0.0950. The van der Waals surface area contributed by atoms with Crippen LogP contribution in [0, 0.1) is 6.92 Å². The molecule has 0 saturated carbocycles. The van der Waals surface area contributed by atoms with Crippen molar-refractivity contribution in [2.75, 3.05) is 33.2 Å². The molecule has 0 saturated heterocycles. The number of ether oxygens (including phenoxy) is 3. The van der Waals surface area contributed by atoms with Crippen molar-refractivity contribution in [1.82, 2.24) is 10.3 Å². The van der Waals surface area contributed by atoms with Crippen LogP contribution in [0.3, 0.4) is 0 Å². The number of aryl methyl sites for hydroxylation is 1. The Morgan fingerprint density at radius 2 is 1.73 bits per heavy atom. The number of nitrogens with one attached hydrogen (secondary N) is 2. The zero-order valence-electron chi connectivity index (χ0n) is 17.4. The van der Waals surface area contributed by atoms with Crippen LogP contribution in [0.25, 0.3) is 0 Å². The fraction of sp³-hybridized carbons (Fsp3) is 0.273. The SMILES string of the molecule is COc1ccc(C)cc1Nc1nc(C(=O)NCCc2ccc(OC)c(OC)c2)cs1. The largest absolute Gasteiger partial charge is 0.495 e. The summed E-state index contributed by atoms with van der Waals surface area (Å²) >= 11 is 1.37. The van der Waals surface area contributed by atoms with Crippen LogP contribution in [0.15, 0.2) is 41.8 Å². The average molecular weight is 428 g/mol. The maximum Gasteiger partial charge on any atom is 0.270 e.